The number of sulfonamides is 1. The minimum absolute atomic E-state index is 0.0254. The first-order valence-corrected chi connectivity index (χ1v) is 16.0. The monoisotopic (exact) mass is 639 g/mol. The highest BCUT2D eigenvalue weighted by Crippen LogP contribution is 2.31. The summed E-state index contributed by atoms with van der Waals surface area (Å²) in [6.45, 7) is 7.78. The molecule has 0 atom stereocenters. The van der Waals surface area contributed by atoms with Gasteiger partial charge in [0.25, 0.3) is 21.5 Å². The smallest absolute Gasteiger partial charge is 0.296 e. The Morgan fingerprint density at radius 2 is 1.68 bits per heavy atom. The van der Waals surface area contributed by atoms with E-state index in [1.165, 1.54) is 42.1 Å². The van der Waals surface area contributed by atoms with E-state index in [2.05, 4.69) is 4.90 Å². The highest BCUT2D eigenvalue weighted by Gasteiger charge is 2.38. The van der Waals surface area contributed by atoms with Crippen LogP contribution in [0, 0.1) is 12.7 Å². The summed E-state index contributed by atoms with van der Waals surface area (Å²) in [6.07, 6.45) is 0. The number of hydrogen-bond acceptors (Lipinski definition) is 5. The van der Waals surface area contributed by atoms with Gasteiger partial charge in [-0.2, -0.15) is 0 Å². The number of nitrogens with zero attached hydrogens (tertiary/aromatic N) is 5. The molecule has 5 rings (SSSR count). The predicted molar refractivity (Wildman–Crippen MR) is 170 cm³/mol. The predicted octanol–water partition coefficient (Wildman–Crippen LogP) is 4.84. The number of para-hydroxylation sites is 1. The van der Waals surface area contributed by atoms with Crippen LogP contribution >= 0.6 is 11.6 Å². The average Bonchev–Trinajstić information content (AvgIpc) is 3.20. The molecule has 1 aliphatic rings. The third kappa shape index (κ3) is 5.79. The molecule has 1 aromatic heterocycles. The molecule has 0 aliphatic carbocycles. The molecule has 0 N–H and O–H groups in total. The van der Waals surface area contributed by atoms with Crippen LogP contribution < -0.4 is 9.86 Å². The summed E-state index contributed by atoms with van der Waals surface area (Å²) in [4.78, 5) is 31.0. The van der Waals surface area contributed by atoms with Gasteiger partial charge in [0.05, 0.1) is 21.9 Å². The number of carbonyl (C=O) groups is 1. The van der Waals surface area contributed by atoms with Crippen molar-refractivity contribution in [3.05, 3.63) is 111 Å². The van der Waals surface area contributed by atoms with E-state index in [0.29, 0.717) is 37.6 Å². The van der Waals surface area contributed by atoms with Crippen molar-refractivity contribution in [2.24, 2.45) is 7.05 Å². The first-order valence-electron chi connectivity index (χ1n) is 14.1. The maximum absolute atomic E-state index is 14.0. The quantitative estimate of drug-likeness (QED) is 0.289. The molecule has 1 fully saturated rings. The SMILES string of the molecule is Cc1c(N(C)S(=O)(=O)c2cc(C(=O)N3CCN(Cc4ccc(F)cc4)CC3(C)C)ccc2Cl)c(=O)n(-c2ccccc2)n1C. The highest BCUT2D eigenvalue weighted by atomic mass is 35.5. The highest BCUT2D eigenvalue weighted by molar-refractivity contribution is 7.93. The van der Waals surface area contributed by atoms with Gasteiger partial charge in [-0.1, -0.05) is 41.9 Å². The van der Waals surface area contributed by atoms with Gasteiger partial charge in [0, 0.05) is 45.8 Å². The van der Waals surface area contributed by atoms with E-state index in [1.807, 2.05) is 19.9 Å². The van der Waals surface area contributed by atoms with Crippen LogP contribution in [0.1, 0.15) is 35.5 Å². The Balaban J connectivity index is 1.41. The van der Waals surface area contributed by atoms with E-state index in [9.17, 15) is 22.4 Å². The standard InChI is InChI=1S/C32H35ClFN5O4S/c1-22-29(31(41)39(35(22)4)26-9-7-6-8-10-26)36(5)44(42,43)28-19-24(13-16-27(28)33)30(40)38-18-17-37(21-32(38,2)3)20-23-11-14-25(34)15-12-23/h6-16,19H,17-18,20-21H2,1-5H3. The van der Waals surface area contributed by atoms with Crippen molar-refractivity contribution in [3.63, 3.8) is 0 Å². The van der Waals surface area contributed by atoms with E-state index < -0.39 is 21.1 Å². The molecular weight excluding hydrogens is 605 g/mol. The molecule has 3 aromatic carbocycles. The maximum atomic E-state index is 14.0. The Bertz CT molecular complexity index is 1870. The van der Waals surface area contributed by atoms with Gasteiger partial charge in [-0.3, -0.25) is 23.5 Å². The van der Waals surface area contributed by atoms with Crippen LogP contribution in [-0.4, -0.2) is 65.7 Å². The Morgan fingerprint density at radius 1 is 1.02 bits per heavy atom. The fourth-order valence-electron chi connectivity index (χ4n) is 5.79. The lowest BCUT2D eigenvalue weighted by Crippen LogP contribution is -2.60. The number of halogens is 2. The minimum Gasteiger partial charge on any atom is -0.331 e. The lowest BCUT2D eigenvalue weighted by molar-refractivity contribution is 0.0158. The zero-order valence-electron chi connectivity index (χ0n) is 25.3. The molecule has 4 aromatic rings. The zero-order chi connectivity index (χ0) is 32.0. The Kier molecular flexibility index (Phi) is 8.50. The number of aromatic nitrogens is 2. The number of hydrogen-bond donors (Lipinski definition) is 0. The lowest BCUT2D eigenvalue weighted by atomic mass is 9.97. The van der Waals surface area contributed by atoms with Gasteiger partial charge in [-0.25, -0.2) is 17.5 Å². The number of piperazine rings is 1. The van der Waals surface area contributed by atoms with Gasteiger partial charge in [0.1, 0.15) is 16.4 Å². The van der Waals surface area contributed by atoms with Crippen LogP contribution in [0.4, 0.5) is 10.1 Å². The normalized spacial score (nSPS) is 15.4. The van der Waals surface area contributed by atoms with E-state index in [4.69, 9.17) is 11.6 Å². The third-order valence-corrected chi connectivity index (χ3v) is 10.4. The van der Waals surface area contributed by atoms with Crippen LogP contribution in [0.3, 0.4) is 0 Å². The van der Waals surface area contributed by atoms with Gasteiger partial charge >= 0.3 is 0 Å². The largest absolute Gasteiger partial charge is 0.331 e. The molecule has 1 saturated heterocycles. The zero-order valence-corrected chi connectivity index (χ0v) is 26.9. The Hall–Kier alpha value is -3.93. The van der Waals surface area contributed by atoms with Gasteiger partial charge in [0.15, 0.2) is 0 Å². The molecule has 0 bridgehead atoms. The second-order valence-corrected chi connectivity index (χ2v) is 14.0. The van der Waals surface area contributed by atoms with Crippen molar-refractivity contribution in [2.45, 2.75) is 37.8 Å². The van der Waals surface area contributed by atoms with Crippen LogP contribution in [0.5, 0.6) is 0 Å². The summed E-state index contributed by atoms with van der Waals surface area (Å²) in [5.41, 5.74) is 1.07. The molecule has 0 radical (unpaired) electrons. The molecule has 232 valence electrons. The van der Waals surface area contributed by atoms with E-state index in [-0.39, 0.29) is 32.9 Å². The molecular formula is C32H35ClFN5O4S. The summed E-state index contributed by atoms with van der Waals surface area (Å²) in [7, 11) is -1.36. The minimum atomic E-state index is -4.35. The van der Waals surface area contributed by atoms with Crippen LogP contribution in [0.25, 0.3) is 5.69 Å². The van der Waals surface area contributed by atoms with Crippen molar-refractivity contribution in [1.82, 2.24) is 19.2 Å². The Morgan fingerprint density at radius 3 is 2.32 bits per heavy atom. The van der Waals surface area contributed by atoms with E-state index >= 15 is 0 Å². The third-order valence-electron chi connectivity index (χ3n) is 8.20. The number of anilines is 1. The van der Waals surface area contributed by atoms with Gasteiger partial charge < -0.3 is 4.90 Å². The first kappa shape index (κ1) is 31.5. The summed E-state index contributed by atoms with van der Waals surface area (Å²) in [6, 6.07) is 19.5. The second-order valence-electron chi connectivity index (χ2n) is 11.6. The van der Waals surface area contributed by atoms with Crippen LogP contribution in [-0.2, 0) is 23.6 Å². The maximum Gasteiger partial charge on any atom is 0.296 e. The molecule has 12 heteroatoms. The van der Waals surface area contributed by atoms with Crippen LogP contribution in [0.15, 0.2) is 82.5 Å². The fourth-order valence-corrected chi connectivity index (χ4v) is 7.54. The summed E-state index contributed by atoms with van der Waals surface area (Å²) in [5, 5.41) is -0.0613. The first-order chi connectivity index (χ1) is 20.7. The summed E-state index contributed by atoms with van der Waals surface area (Å²) < 4.78 is 45.2. The molecule has 0 spiro atoms. The molecule has 1 aliphatic heterocycles. The van der Waals surface area contributed by atoms with Crippen molar-refractivity contribution in [3.8, 4) is 5.69 Å². The number of benzene rings is 3. The van der Waals surface area contributed by atoms with Crippen LogP contribution in [0.2, 0.25) is 5.02 Å². The fraction of sp³-hybridized carbons (Fsp3) is 0.312. The lowest BCUT2D eigenvalue weighted by Gasteiger charge is -2.47. The number of rotatable bonds is 7. The molecule has 0 unspecified atom stereocenters. The van der Waals surface area contributed by atoms with Crippen molar-refractivity contribution >= 4 is 33.2 Å². The van der Waals surface area contributed by atoms with Gasteiger partial charge in [-0.15, -0.1) is 0 Å². The molecule has 0 saturated carbocycles. The van der Waals surface area contributed by atoms with Gasteiger partial charge in [0.2, 0.25) is 0 Å². The number of carbonyl (C=O) groups excluding carboxylic acids is 1. The van der Waals surface area contributed by atoms with Gasteiger partial charge in [-0.05, 0) is 68.8 Å². The van der Waals surface area contributed by atoms with Crippen molar-refractivity contribution in [1.29, 1.82) is 0 Å². The van der Waals surface area contributed by atoms with Crippen molar-refractivity contribution in [2.75, 3.05) is 31.0 Å². The van der Waals surface area contributed by atoms with E-state index in [0.717, 1.165) is 9.87 Å². The average molecular weight is 640 g/mol. The number of amides is 1. The molecule has 9 nitrogen and oxygen atoms in total. The summed E-state index contributed by atoms with van der Waals surface area (Å²) >= 11 is 6.43. The topological polar surface area (TPSA) is 87.9 Å². The Labute approximate surface area is 261 Å². The molecule has 44 heavy (non-hydrogen) atoms. The van der Waals surface area contributed by atoms with Crippen molar-refractivity contribution < 1.29 is 17.6 Å². The van der Waals surface area contributed by atoms with E-state index in [1.54, 1.807) is 60.0 Å². The molecule has 2 heterocycles. The summed E-state index contributed by atoms with van der Waals surface area (Å²) in [5.74, 6) is -0.613. The molecule has 1 amide bonds. The second kappa shape index (κ2) is 11.9.